The van der Waals surface area contributed by atoms with E-state index in [-0.39, 0.29) is 18.7 Å². The van der Waals surface area contributed by atoms with Crippen LogP contribution in [0.3, 0.4) is 0 Å². The van der Waals surface area contributed by atoms with Crippen LogP contribution in [0.5, 0.6) is 0 Å². The highest BCUT2D eigenvalue weighted by molar-refractivity contribution is 5.72. The van der Waals surface area contributed by atoms with Crippen LogP contribution in [0.15, 0.2) is 24.3 Å². The van der Waals surface area contributed by atoms with Crippen molar-refractivity contribution in [2.24, 2.45) is 5.92 Å². The number of amides is 1. The molecular formula is C15H15F3NO5-. The van der Waals surface area contributed by atoms with Crippen LogP contribution in [0.1, 0.15) is 18.4 Å². The van der Waals surface area contributed by atoms with Gasteiger partial charge in [0.05, 0.1) is 6.61 Å². The number of alkyl halides is 2. The average Bonchev–Trinajstić information content (AvgIpc) is 2.53. The second kappa shape index (κ2) is 7.52. The Bertz CT molecular complexity index is 611. The third-order valence-corrected chi connectivity index (χ3v) is 3.51. The van der Waals surface area contributed by atoms with Crippen molar-refractivity contribution in [2.75, 3.05) is 13.1 Å². The lowest BCUT2D eigenvalue weighted by Gasteiger charge is -2.33. The highest BCUT2D eigenvalue weighted by Crippen LogP contribution is 2.23. The largest absolute Gasteiger partial charge is 0.550 e. The predicted octanol–water partition coefficient (Wildman–Crippen LogP) is 1.49. The molecule has 1 aliphatic heterocycles. The van der Waals surface area contributed by atoms with Crippen LogP contribution in [0, 0.1) is 11.7 Å². The molecule has 1 aromatic carbocycles. The van der Waals surface area contributed by atoms with E-state index in [1.807, 2.05) is 0 Å². The zero-order chi connectivity index (χ0) is 17.7. The lowest BCUT2D eigenvalue weighted by Crippen LogP contribution is -2.47. The molecule has 1 aliphatic rings. The number of likely N-dealkylation sites (tertiary alicyclic amines) is 1. The topological polar surface area (TPSA) is 78.9 Å². The summed E-state index contributed by atoms with van der Waals surface area (Å²) in [5.41, 5.74) is 0.140. The highest BCUT2D eigenvalue weighted by atomic mass is 19.3. The van der Waals surface area contributed by atoms with Crippen molar-refractivity contribution in [3.8, 4) is 0 Å². The third-order valence-electron chi connectivity index (χ3n) is 3.51. The van der Waals surface area contributed by atoms with Crippen molar-refractivity contribution in [2.45, 2.75) is 25.7 Å². The summed E-state index contributed by atoms with van der Waals surface area (Å²) in [6.45, 7) is -0.830. The molecule has 0 aromatic heterocycles. The van der Waals surface area contributed by atoms with Crippen molar-refractivity contribution in [3.63, 3.8) is 0 Å². The first-order valence-corrected chi connectivity index (χ1v) is 7.22. The molecule has 6 nitrogen and oxygen atoms in total. The smallest absolute Gasteiger partial charge is 0.538 e. The molecule has 9 heteroatoms. The summed E-state index contributed by atoms with van der Waals surface area (Å²) in [6.07, 6.45) is -4.97. The van der Waals surface area contributed by atoms with E-state index in [0.29, 0.717) is 12.8 Å². The van der Waals surface area contributed by atoms with Crippen LogP contribution < -0.4 is 5.11 Å². The number of halogens is 3. The van der Waals surface area contributed by atoms with Gasteiger partial charge in [-0.15, -0.1) is 8.78 Å². The summed E-state index contributed by atoms with van der Waals surface area (Å²) in [5.74, 6) is -2.88. The molecule has 0 aliphatic carbocycles. The molecule has 1 saturated heterocycles. The lowest BCUT2D eigenvalue weighted by molar-refractivity contribution is -0.373. The van der Waals surface area contributed by atoms with Crippen LogP contribution >= 0.6 is 0 Å². The molecule has 1 heterocycles. The molecule has 0 spiro atoms. The standard InChI is InChI=1S/C15H16F3NO5/c16-12-5-1-3-10(7-12)9-23-15(17,18)24-14(22)19-6-2-4-11(8-19)13(20)21/h1,3,5,7,11H,2,4,6,8-9H2,(H,20,21)/p-1. The molecule has 1 amide bonds. The molecule has 0 bridgehead atoms. The Labute approximate surface area is 135 Å². The van der Waals surface area contributed by atoms with Crippen LogP contribution in [-0.2, 0) is 20.9 Å². The van der Waals surface area contributed by atoms with Crippen molar-refractivity contribution in [1.29, 1.82) is 0 Å². The number of carbonyl (C=O) groups is 2. The van der Waals surface area contributed by atoms with E-state index in [1.165, 1.54) is 12.1 Å². The number of carboxylic acid groups (broad SMARTS) is 1. The maximum absolute atomic E-state index is 13.6. The first kappa shape index (κ1) is 18.1. The number of nitrogens with zero attached hydrogens (tertiary/aromatic N) is 1. The molecule has 0 saturated carbocycles. The average molecular weight is 346 g/mol. The van der Waals surface area contributed by atoms with Crippen LogP contribution in [0.25, 0.3) is 0 Å². The van der Waals surface area contributed by atoms with Gasteiger partial charge in [-0.3, -0.25) is 4.74 Å². The van der Waals surface area contributed by atoms with Gasteiger partial charge in [-0.1, -0.05) is 12.1 Å². The van der Waals surface area contributed by atoms with Crippen LogP contribution in [0.4, 0.5) is 18.0 Å². The monoisotopic (exact) mass is 346 g/mol. The molecule has 1 fully saturated rings. The zero-order valence-corrected chi connectivity index (χ0v) is 12.5. The van der Waals surface area contributed by atoms with Gasteiger partial charge in [-0.2, -0.15) is 0 Å². The van der Waals surface area contributed by atoms with E-state index in [1.54, 1.807) is 0 Å². The van der Waals surface area contributed by atoms with Crippen molar-refractivity contribution in [1.82, 2.24) is 4.90 Å². The van der Waals surface area contributed by atoms with Crippen molar-refractivity contribution >= 4 is 12.1 Å². The molecule has 1 atom stereocenters. The van der Waals surface area contributed by atoms with E-state index >= 15 is 0 Å². The number of piperidine rings is 1. The fourth-order valence-corrected chi connectivity index (χ4v) is 2.33. The number of carbonyl (C=O) groups excluding carboxylic acids is 2. The number of rotatable bonds is 5. The zero-order valence-electron chi connectivity index (χ0n) is 12.5. The molecule has 132 valence electrons. The fraction of sp³-hybridized carbons (Fsp3) is 0.467. The Morgan fingerprint density at radius 1 is 1.38 bits per heavy atom. The van der Waals surface area contributed by atoms with Gasteiger partial charge in [-0.05, 0) is 30.5 Å². The molecular weight excluding hydrogens is 331 g/mol. The molecule has 0 radical (unpaired) electrons. The number of hydrogen-bond donors (Lipinski definition) is 0. The summed E-state index contributed by atoms with van der Waals surface area (Å²) in [4.78, 5) is 23.4. The van der Waals surface area contributed by atoms with Gasteiger partial charge < -0.3 is 19.5 Å². The molecule has 24 heavy (non-hydrogen) atoms. The van der Waals surface area contributed by atoms with Gasteiger partial charge in [-0.25, -0.2) is 9.18 Å². The molecule has 2 rings (SSSR count). The minimum Gasteiger partial charge on any atom is -0.550 e. The Morgan fingerprint density at radius 2 is 2.12 bits per heavy atom. The highest BCUT2D eigenvalue weighted by Gasteiger charge is 2.39. The van der Waals surface area contributed by atoms with Gasteiger partial charge in [0.1, 0.15) is 5.82 Å². The molecule has 1 unspecified atom stereocenters. The SMILES string of the molecule is O=C([O-])C1CCCN(C(=O)OC(F)(F)OCc2cccc(F)c2)C1. The van der Waals surface area contributed by atoms with E-state index in [2.05, 4.69) is 9.47 Å². The Balaban J connectivity index is 1.88. The minimum atomic E-state index is -4.22. The van der Waals surface area contributed by atoms with Gasteiger partial charge in [0, 0.05) is 25.0 Å². The molecule has 1 aromatic rings. The van der Waals surface area contributed by atoms with Crippen molar-refractivity contribution in [3.05, 3.63) is 35.6 Å². The number of aliphatic carboxylic acids is 1. The number of ether oxygens (including phenoxy) is 2. The van der Waals surface area contributed by atoms with Crippen molar-refractivity contribution < 1.29 is 37.3 Å². The maximum Gasteiger partial charge on any atom is 0.538 e. The summed E-state index contributed by atoms with van der Waals surface area (Å²) in [5, 5.41) is 10.8. The first-order valence-electron chi connectivity index (χ1n) is 7.22. The van der Waals surface area contributed by atoms with E-state index in [9.17, 15) is 27.9 Å². The Kier molecular flexibility index (Phi) is 5.66. The third kappa shape index (κ3) is 5.12. The molecule has 0 N–H and O–H groups in total. The summed E-state index contributed by atoms with van der Waals surface area (Å²) >= 11 is 0. The maximum atomic E-state index is 13.6. The number of hydrogen-bond acceptors (Lipinski definition) is 5. The van der Waals surface area contributed by atoms with Gasteiger partial charge in [0.25, 0.3) is 0 Å². The van der Waals surface area contributed by atoms with Gasteiger partial charge in [0.2, 0.25) is 0 Å². The van der Waals surface area contributed by atoms with E-state index in [4.69, 9.17) is 0 Å². The van der Waals surface area contributed by atoms with Crippen LogP contribution in [-0.4, -0.2) is 36.3 Å². The second-order valence-corrected chi connectivity index (χ2v) is 5.35. The summed E-state index contributed by atoms with van der Waals surface area (Å²) < 4.78 is 48.3. The fourth-order valence-electron chi connectivity index (χ4n) is 2.33. The second-order valence-electron chi connectivity index (χ2n) is 5.35. The minimum absolute atomic E-state index is 0.0998. The van der Waals surface area contributed by atoms with Gasteiger partial charge in [0.15, 0.2) is 0 Å². The predicted molar refractivity (Wildman–Crippen MR) is 71.9 cm³/mol. The number of carboxylic acids is 1. The van der Waals surface area contributed by atoms with E-state index < -0.39 is 36.7 Å². The Hall–Kier alpha value is -2.29. The summed E-state index contributed by atoms with van der Waals surface area (Å²) in [7, 11) is 0. The van der Waals surface area contributed by atoms with Gasteiger partial charge >= 0.3 is 12.4 Å². The van der Waals surface area contributed by atoms with E-state index in [0.717, 1.165) is 17.0 Å². The quantitative estimate of drug-likeness (QED) is 0.755. The Morgan fingerprint density at radius 3 is 2.79 bits per heavy atom. The first-order chi connectivity index (χ1) is 11.3. The lowest BCUT2D eigenvalue weighted by atomic mass is 9.99. The van der Waals surface area contributed by atoms with Crippen LogP contribution in [0.2, 0.25) is 0 Å². The summed E-state index contributed by atoms with van der Waals surface area (Å²) in [6, 6.07) is 4.85. The number of benzene rings is 1. The normalized spacial score (nSPS) is 18.3.